The molecule has 0 saturated carbocycles. The van der Waals surface area contributed by atoms with Crippen LogP contribution in [0.2, 0.25) is 0 Å². The van der Waals surface area contributed by atoms with Crippen LogP contribution in [0, 0.1) is 0 Å². The molecule has 1 saturated heterocycles. The molecule has 9 heteroatoms. The number of aromatic nitrogens is 4. The second-order valence-electron chi connectivity index (χ2n) is 8.03. The number of carbonyl (C=O) groups is 2. The fraction of sp³-hybridized carbons (Fsp3) is 0.240. The highest BCUT2D eigenvalue weighted by molar-refractivity contribution is 5.92. The maximum atomic E-state index is 12.3. The Morgan fingerprint density at radius 3 is 2.79 bits per heavy atom. The van der Waals surface area contributed by atoms with E-state index >= 15 is 0 Å². The van der Waals surface area contributed by atoms with Crippen LogP contribution in [0.3, 0.4) is 0 Å². The number of ether oxygens (including phenoxy) is 2. The van der Waals surface area contributed by atoms with Crippen LogP contribution in [-0.2, 0) is 9.53 Å². The maximum Gasteiger partial charge on any atom is 0.306 e. The van der Waals surface area contributed by atoms with Crippen LogP contribution in [0.25, 0.3) is 22.6 Å². The van der Waals surface area contributed by atoms with Crippen molar-refractivity contribution in [3.05, 3.63) is 66.1 Å². The molecule has 0 spiro atoms. The van der Waals surface area contributed by atoms with Crippen LogP contribution in [-0.4, -0.2) is 50.3 Å². The maximum absolute atomic E-state index is 12.3. The minimum absolute atomic E-state index is 0.160. The van der Waals surface area contributed by atoms with Gasteiger partial charge in [0, 0.05) is 37.8 Å². The molecule has 4 aromatic rings. The van der Waals surface area contributed by atoms with Gasteiger partial charge >= 0.3 is 5.97 Å². The standard InChI is InChI=1S/C25H23N5O4/c1-3-30(2)25(32)18-8-7-15(14-27-18)33-22-13-20-19(12-16(22)21-9-10-23(31)34-21)28-24(29-20)17-6-4-5-11-26-17/h4-8,11-14,21H,3,9-10H2,1-2H3,(H,28,29). The number of rotatable bonds is 6. The van der Waals surface area contributed by atoms with E-state index in [0.717, 1.165) is 16.8 Å². The molecule has 0 bridgehead atoms. The van der Waals surface area contributed by atoms with Crippen molar-refractivity contribution in [2.75, 3.05) is 13.6 Å². The first-order chi connectivity index (χ1) is 16.5. The van der Waals surface area contributed by atoms with E-state index in [-0.39, 0.29) is 11.9 Å². The van der Waals surface area contributed by atoms with Crippen molar-refractivity contribution in [2.45, 2.75) is 25.9 Å². The lowest BCUT2D eigenvalue weighted by Crippen LogP contribution is -2.26. The Balaban J connectivity index is 1.50. The number of pyridine rings is 2. The Morgan fingerprint density at radius 2 is 2.12 bits per heavy atom. The summed E-state index contributed by atoms with van der Waals surface area (Å²) in [5, 5.41) is 0. The second kappa shape index (κ2) is 8.93. The number of esters is 1. The van der Waals surface area contributed by atoms with Gasteiger partial charge in [0.15, 0.2) is 5.82 Å². The van der Waals surface area contributed by atoms with Gasteiger partial charge in [-0.3, -0.25) is 14.6 Å². The number of amides is 1. The summed E-state index contributed by atoms with van der Waals surface area (Å²) < 4.78 is 11.7. The highest BCUT2D eigenvalue weighted by Crippen LogP contribution is 2.39. The summed E-state index contributed by atoms with van der Waals surface area (Å²) in [6.07, 6.45) is 3.72. The third kappa shape index (κ3) is 4.19. The van der Waals surface area contributed by atoms with E-state index in [1.54, 1.807) is 30.3 Å². The monoisotopic (exact) mass is 457 g/mol. The van der Waals surface area contributed by atoms with Gasteiger partial charge in [0.25, 0.3) is 5.91 Å². The lowest BCUT2D eigenvalue weighted by molar-refractivity contribution is -0.141. The molecule has 1 atom stereocenters. The Morgan fingerprint density at radius 1 is 1.24 bits per heavy atom. The smallest absolute Gasteiger partial charge is 0.306 e. The molecule has 9 nitrogen and oxygen atoms in total. The quantitative estimate of drug-likeness (QED) is 0.430. The number of imidazole rings is 1. The number of nitrogens with zero attached hydrogens (tertiary/aromatic N) is 4. The van der Waals surface area contributed by atoms with E-state index in [1.807, 2.05) is 37.3 Å². The third-order valence-electron chi connectivity index (χ3n) is 5.76. The Kier molecular flexibility index (Phi) is 5.67. The van der Waals surface area contributed by atoms with Crippen molar-refractivity contribution >= 4 is 22.9 Å². The zero-order valence-corrected chi connectivity index (χ0v) is 18.8. The molecule has 1 N–H and O–H groups in total. The predicted octanol–water partition coefficient (Wildman–Crippen LogP) is 4.28. The number of nitrogens with one attached hydrogen (secondary N) is 1. The van der Waals surface area contributed by atoms with Crippen molar-refractivity contribution in [3.63, 3.8) is 0 Å². The van der Waals surface area contributed by atoms with E-state index in [0.29, 0.717) is 47.9 Å². The van der Waals surface area contributed by atoms with E-state index in [1.165, 1.54) is 6.20 Å². The van der Waals surface area contributed by atoms with E-state index in [4.69, 9.17) is 9.47 Å². The van der Waals surface area contributed by atoms with Gasteiger partial charge in [0.05, 0.1) is 17.2 Å². The molecule has 0 aliphatic carbocycles. The van der Waals surface area contributed by atoms with Crippen molar-refractivity contribution < 1.29 is 19.1 Å². The van der Waals surface area contributed by atoms with E-state index in [2.05, 4.69) is 19.9 Å². The Hall–Kier alpha value is -4.27. The van der Waals surface area contributed by atoms with Crippen molar-refractivity contribution in [2.24, 2.45) is 0 Å². The molecule has 5 rings (SSSR count). The van der Waals surface area contributed by atoms with Crippen LogP contribution in [0.5, 0.6) is 11.5 Å². The van der Waals surface area contributed by atoms with Crippen LogP contribution >= 0.6 is 0 Å². The highest BCUT2D eigenvalue weighted by atomic mass is 16.6. The lowest BCUT2D eigenvalue weighted by atomic mass is 10.0. The molecule has 1 aromatic carbocycles. The topological polar surface area (TPSA) is 110 Å². The molecule has 1 aliphatic heterocycles. The summed E-state index contributed by atoms with van der Waals surface area (Å²) in [5.41, 5.74) is 3.27. The largest absolute Gasteiger partial charge is 0.457 e. The van der Waals surface area contributed by atoms with Crippen LogP contribution in [0.15, 0.2) is 54.9 Å². The second-order valence-corrected chi connectivity index (χ2v) is 8.03. The molecule has 1 amide bonds. The van der Waals surface area contributed by atoms with E-state index in [9.17, 15) is 9.59 Å². The molecule has 34 heavy (non-hydrogen) atoms. The zero-order chi connectivity index (χ0) is 23.7. The van der Waals surface area contributed by atoms with Gasteiger partial charge in [-0.05, 0) is 43.7 Å². The molecule has 1 aliphatic rings. The van der Waals surface area contributed by atoms with Gasteiger partial charge in [-0.1, -0.05) is 6.07 Å². The summed E-state index contributed by atoms with van der Waals surface area (Å²) >= 11 is 0. The van der Waals surface area contributed by atoms with Crippen molar-refractivity contribution in [1.29, 1.82) is 0 Å². The van der Waals surface area contributed by atoms with Gasteiger partial charge < -0.3 is 19.4 Å². The number of aromatic amines is 1. The third-order valence-corrected chi connectivity index (χ3v) is 5.76. The molecule has 0 radical (unpaired) electrons. The van der Waals surface area contributed by atoms with Crippen LogP contribution in [0.4, 0.5) is 0 Å². The number of H-pyrrole nitrogens is 1. The van der Waals surface area contributed by atoms with Gasteiger partial charge in [0.1, 0.15) is 29.0 Å². The van der Waals surface area contributed by atoms with Crippen LogP contribution in [0.1, 0.15) is 41.9 Å². The normalized spacial score (nSPS) is 15.4. The van der Waals surface area contributed by atoms with Crippen molar-refractivity contribution in [1.82, 2.24) is 24.8 Å². The number of cyclic esters (lactones) is 1. The van der Waals surface area contributed by atoms with Gasteiger partial charge in [-0.15, -0.1) is 0 Å². The van der Waals surface area contributed by atoms with E-state index < -0.39 is 6.10 Å². The van der Waals surface area contributed by atoms with Gasteiger partial charge in [-0.2, -0.15) is 0 Å². The summed E-state index contributed by atoms with van der Waals surface area (Å²) in [5.74, 6) is 1.21. The SMILES string of the molecule is CCN(C)C(=O)c1ccc(Oc2cc3nc(-c4ccccn4)[nH]c3cc2C2CCC(=O)O2)cn1. The van der Waals surface area contributed by atoms with Crippen LogP contribution < -0.4 is 4.74 Å². The molecule has 4 heterocycles. The zero-order valence-electron chi connectivity index (χ0n) is 18.8. The molecule has 172 valence electrons. The first kappa shape index (κ1) is 21.6. The average molecular weight is 457 g/mol. The predicted molar refractivity (Wildman–Crippen MR) is 124 cm³/mol. The summed E-state index contributed by atoms with van der Waals surface area (Å²) in [6, 6.07) is 12.6. The number of fused-ring (bicyclic) bond motifs is 1. The van der Waals surface area contributed by atoms with Gasteiger partial charge in [-0.25, -0.2) is 9.97 Å². The minimum atomic E-state index is -0.416. The summed E-state index contributed by atoms with van der Waals surface area (Å²) in [6.45, 7) is 2.49. The number of benzene rings is 1. The van der Waals surface area contributed by atoms with Crippen molar-refractivity contribution in [3.8, 4) is 23.0 Å². The summed E-state index contributed by atoms with van der Waals surface area (Å²) in [4.78, 5) is 42.3. The fourth-order valence-electron chi connectivity index (χ4n) is 3.80. The number of carbonyl (C=O) groups excluding carboxylic acids is 2. The average Bonchev–Trinajstić information content (AvgIpc) is 3.49. The molecule has 3 aromatic heterocycles. The Bertz CT molecular complexity index is 1350. The fourth-order valence-corrected chi connectivity index (χ4v) is 3.80. The summed E-state index contributed by atoms with van der Waals surface area (Å²) in [7, 11) is 1.72. The highest BCUT2D eigenvalue weighted by Gasteiger charge is 2.29. The number of hydrogen-bond donors (Lipinski definition) is 1. The van der Waals surface area contributed by atoms with Gasteiger partial charge in [0.2, 0.25) is 0 Å². The molecule has 1 fully saturated rings. The molecular weight excluding hydrogens is 434 g/mol. The molecular formula is C25H23N5O4. The lowest BCUT2D eigenvalue weighted by Gasteiger charge is -2.16. The number of hydrogen-bond acceptors (Lipinski definition) is 7. The first-order valence-corrected chi connectivity index (χ1v) is 11.1. The first-order valence-electron chi connectivity index (χ1n) is 11.1. The Labute approximate surface area is 195 Å². The minimum Gasteiger partial charge on any atom is -0.457 e. The molecule has 1 unspecified atom stereocenters.